The van der Waals surface area contributed by atoms with Gasteiger partial charge in [-0.25, -0.2) is 4.98 Å². The molecule has 5 aromatic rings. The molecule has 2 aromatic heterocycles. The van der Waals surface area contributed by atoms with Gasteiger partial charge in [0.2, 0.25) is 0 Å². The number of fused-ring (bicyclic) bond motifs is 1. The van der Waals surface area contributed by atoms with Crippen LogP contribution in [0.1, 0.15) is 29.9 Å². The van der Waals surface area contributed by atoms with Gasteiger partial charge in [-0.05, 0) is 55.3 Å². The smallest absolute Gasteiger partial charge is 0.269 e. The van der Waals surface area contributed by atoms with Crippen LogP contribution in [-0.2, 0) is 5.54 Å². The quantitative estimate of drug-likeness (QED) is 0.243. The van der Waals surface area contributed by atoms with Gasteiger partial charge < -0.3 is 9.55 Å². The Labute approximate surface area is 212 Å². The van der Waals surface area contributed by atoms with Crippen molar-refractivity contribution in [3.8, 4) is 22.5 Å². The van der Waals surface area contributed by atoms with Gasteiger partial charge in [0.15, 0.2) is 0 Å². The number of nitrogens with one attached hydrogen (secondary N) is 1. The third-order valence-corrected chi connectivity index (χ3v) is 6.84. The highest BCUT2D eigenvalue weighted by Gasteiger charge is 2.31. The van der Waals surface area contributed by atoms with Crippen molar-refractivity contribution in [2.75, 3.05) is 0 Å². The molecule has 0 amide bonds. The molecule has 0 saturated heterocycles. The number of carbonyl (C=O) groups excluding carboxylic acids is 1. The van der Waals surface area contributed by atoms with Crippen molar-refractivity contribution in [1.82, 2.24) is 14.5 Å². The van der Waals surface area contributed by atoms with Gasteiger partial charge >= 0.3 is 0 Å². The van der Waals surface area contributed by atoms with Crippen LogP contribution in [0.5, 0.6) is 0 Å². The summed E-state index contributed by atoms with van der Waals surface area (Å²) in [5.41, 5.74) is 4.68. The van der Waals surface area contributed by atoms with Gasteiger partial charge in [0.1, 0.15) is 5.69 Å². The average molecular weight is 509 g/mol. The standard InChI is InChI=1S/C27H20Cl3N3O/c1-27(2,17-8-10-18(28)11-9-17)33-15-31-23(16-6-4-3-5-7-16)25(33)22-20-13-12-19(29)14-21(20)32-24(22)26(30)34/h3-15,32H,1-2H3. The normalized spacial score (nSPS) is 11.8. The predicted molar refractivity (Wildman–Crippen MR) is 140 cm³/mol. The number of nitrogens with zero attached hydrogens (tertiary/aromatic N) is 2. The maximum absolute atomic E-state index is 12.6. The molecule has 0 spiro atoms. The summed E-state index contributed by atoms with van der Waals surface area (Å²) in [6.45, 7) is 4.20. The number of aromatic nitrogens is 3. The van der Waals surface area contributed by atoms with E-state index in [9.17, 15) is 4.79 Å². The third-order valence-electron chi connectivity index (χ3n) is 6.16. The first-order chi connectivity index (χ1) is 16.3. The van der Waals surface area contributed by atoms with Gasteiger partial charge in [0.05, 0.1) is 23.3 Å². The summed E-state index contributed by atoms with van der Waals surface area (Å²) in [7, 11) is 0. The number of imidazole rings is 1. The largest absolute Gasteiger partial charge is 0.350 e. The van der Waals surface area contributed by atoms with Crippen molar-refractivity contribution in [1.29, 1.82) is 0 Å². The Morgan fingerprint density at radius 1 is 0.941 bits per heavy atom. The lowest BCUT2D eigenvalue weighted by Crippen LogP contribution is -2.28. The predicted octanol–water partition coefficient (Wildman–Crippen LogP) is 8.17. The van der Waals surface area contributed by atoms with Crippen molar-refractivity contribution >= 4 is 50.9 Å². The molecule has 170 valence electrons. The van der Waals surface area contributed by atoms with Crippen molar-refractivity contribution < 1.29 is 4.79 Å². The minimum absolute atomic E-state index is 0.296. The Balaban J connectivity index is 1.87. The second kappa shape index (κ2) is 8.62. The van der Waals surface area contributed by atoms with Crippen LogP contribution in [0.4, 0.5) is 0 Å². The SMILES string of the molecule is CC(C)(c1ccc(Cl)cc1)n1cnc(-c2ccccc2)c1-c1c(C(=O)Cl)[nH]c2cc(Cl)ccc12. The molecule has 0 radical (unpaired) electrons. The number of halogens is 3. The van der Waals surface area contributed by atoms with Crippen LogP contribution >= 0.6 is 34.8 Å². The summed E-state index contributed by atoms with van der Waals surface area (Å²) in [6, 6.07) is 23.1. The summed E-state index contributed by atoms with van der Waals surface area (Å²) in [4.78, 5) is 20.6. The van der Waals surface area contributed by atoms with E-state index in [4.69, 9.17) is 39.8 Å². The number of aromatic amines is 1. The first-order valence-corrected chi connectivity index (χ1v) is 11.8. The molecule has 0 saturated carbocycles. The molecule has 0 fully saturated rings. The molecular weight excluding hydrogens is 489 g/mol. The van der Waals surface area contributed by atoms with E-state index >= 15 is 0 Å². The summed E-state index contributed by atoms with van der Waals surface area (Å²) >= 11 is 18.5. The van der Waals surface area contributed by atoms with Crippen LogP contribution in [0.25, 0.3) is 33.4 Å². The molecular formula is C27H20Cl3N3O. The zero-order chi connectivity index (χ0) is 24.0. The lowest BCUT2D eigenvalue weighted by atomic mass is 9.92. The molecule has 0 aliphatic rings. The van der Waals surface area contributed by atoms with E-state index in [1.165, 1.54) is 0 Å². The fourth-order valence-corrected chi connectivity index (χ4v) is 4.82. The molecule has 0 aliphatic carbocycles. The topological polar surface area (TPSA) is 50.7 Å². The van der Waals surface area contributed by atoms with Crippen molar-refractivity contribution in [2.45, 2.75) is 19.4 Å². The molecule has 0 atom stereocenters. The second-order valence-corrected chi connectivity index (χ2v) is 9.80. The molecule has 1 N–H and O–H groups in total. The van der Waals surface area contributed by atoms with Crippen LogP contribution in [-0.4, -0.2) is 19.8 Å². The minimum atomic E-state index is -0.585. The number of hydrogen-bond acceptors (Lipinski definition) is 2. The van der Waals surface area contributed by atoms with Gasteiger partial charge in [0.25, 0.3) is 5.24 Å². The number of carbonyl (C=O) groups is 1. The Kier molecular flexibility index (Phi) is 5.76. The number of rotatable bonds is 5. The first-order valence-electron chi connectivity index (χ1n) is 10.7. The maximum Gasteiger partial charge on any atom is 0.269 e. The van der Waals surface area contributed by atoms with Crippen LogP contribution in [0.15, 0.2) is 79.1 Å². The number of benzene rings is 3. The van der Waals surface area contributed by atoms with E-state index in [-0.39, 0.29) is 0 Å². The van der Waals surface area contributed by atoms with Crippen molar-refractivity contribution in [3.05, 3.63) is 100 Å². The van der Waals surface area contributed by atoms with Crippen molar-refractivity contribution in [2.24, 2.45) is 0 Å². The molecule has 5 rings (SSSR count). The highest BCUT2D eigenvalue weighted by atomic mass is 35.5. The van der Waals surface area contributed by atoms with Gasteiger partial charge in [0, 0.05) is 32.1 Å². The van der Waals surface area contributed by atoms with Gasteiger partial charge in [-0.2, -0.15) is 0 Å². The lowest BCUT2D eigenvalue weighted by Gasteiger charge is -2.30. The van der Waals surface area contributed by atoms with Crippen LogP contribution in [0, 0.1) is 0 Å². The van der Waals surface area contributed by atoms with E-state index in [1.807, 2.05) is 67.0 Å². The molecule has 34 heavy (non-hydrogen) atoms. The first kappa shape index (κ1) is 22.7. The monoisotopic (exact) mass is 507 g/mol. The highest BCUT2D eigenvalue weighted by Crippen LogP contribution is 2.43. The molecule has 0 aliphatic heterocycles. The molecule has 7 heteroatoms. The van der Waals surface area contributed by atoms with E-state index in [0.717, 1.165) is 33.4 Å². The molecule has 0 unspecified atom stereocenters. The van der Waals surface area contributed by atoms with E-state index in [2.05, 4.69) is 23.4 Å². The van der Waals surface area contributed by atoms with E-state index < -0.39 is 10.8 Å². The van der Waals surface area contributed by atoms with Gasteiger partial charge in [-0.1, -0.05) is 71.7 Å². The van der Waals surface area contributed by atoms with Crippen LogP contribution in [0.2, 0.25) is 10.0 Å². The second-order valence-electron chi connectivity index (χ2n) is 8.58. The minimum Gasteiger partial charge on any atom is -0.350 e. The van der Waals surface area contributed by atoms with Crippen LogP contribution < -0.4 is 0 Å². The van der Waals surface area contributed by atoms with Crippen LogP contribution in [0.3, 0.4) is 0 Å². The molecule has 2 heterocycles. The van der Waals surface area contributed by atoms with Crippen molar-refractivity contribution in [3.63, 3.8) is 0 Å². The molecule has 4 nitrogen and oxygen atoms in total. The zero-order valence-electron chi connectivity index (χ0n) is 18.4. The van der Waals surface area contributed by atoms with E-state index in [1.54, 1.807) is 12.1 Å². The average Bonchev–Trinajstić information content (AvgIpc) is 3.41. The lowest BCUT2D eigenvalue weighted by molar-refractivity contribution is 0.107. The van der Waals surface area contributed by atoms with E-state index in [0.29, 0.717) is 21.3 Å². The summed E-state index contributed by atoms with van der Waals surface area (Å²) in [5.74, 6) is 0. The Morgan fingerprint density at radius 3 is 2.29 bits per heavy atom. The fourth-order valence-electron chi connectivity index (χ4n) is 4.38. The summed E-state index contributed by atoms with van der Waals surface area (Å²) < 4.78 is 2.08. The Bertz CT molecular complexity index is 1520. The highest BCUT2D eigenvalue weighted by molar-refractivity contribution is 6.68. The van der Waals surface area contributed by atoms with Gasteiger partial charge in [-0.3, -0.25) is 4.79 Å². The molecule has 0 bridgehead atoms. The number of hydrogen-bond donors (Lipinski definition) is 1. The zero-order valence-corrected chi connectivity index (χ0v) is 20.7. The molecule has 3 aromatic carbocycles. The third kappa shape index (κ3) is 3.82. The fraction of sp³-hybridized carbons (Fsp3) is 0.111. The summed E-state index contributed by atoms with van der Waals surface area (Å²) in [6.07, 6.45) is 1.81. The Hall–Kier alpha value is -3.05. The van der Waals surface area contributed by atoms with Gasteiger partial charge in [-0.15, -0.1) is 0 Å². The maximum atomic E-state index is 12.6. The number of H-pyrrole nitrogens is 1. The Morgan fingerprint density at radius 2 is 1.62 bits per heavy atom. The summed E-state index contributed by atoms with van der Waals surface area (Å²) in [5, 5.41) is 1.48.